The maximum atomic E-state index is 5.99. The predicted molar refractivity (Wildman–Crippen MR) is 83.5 cm³/mol. The summed E-state index contributed by atoms with van der Waals surface area (Å²) in [6.45, 7) is 7.34. The number of hydrogen-bond acceptors (Lipinski definition) is 3. The van der Waals surface area contributed by atoms with Gasteiger partial charge in [-0.1, -0.05) is 26.7 Å². The van der Waals surface area contributed by atoms with Crippen LogP contribution in [-0.2, 0) is 20.0 Å². The van der Waals surface area contributed by atoms with Crippen molar-refractivity contribution in [1.29, 1.82) is 0 Å². The molecule has 1 aliphatic rings. The fourth-order valence-electron chi connectivity index (χ4n) is 3.51. The van der Waals surface area contributed by atoms with Crippen LogP contribution >= 0.6 is 0 Å². The van der Waals surface area contributed by atoms with E-state index in [2.05, 4.69) is 37.0 Å². The molecule has 20 heavy (non-hydrogen) atoms. The highest BCUT2D eigenvalue weighted by atomic mass is 15.3. The molecule has 0 spiro atoms. The summed E-state index contributed by atoms with van der Waals surface area (Å²) in [6.07, 6.45) is 6.30. The Hall–Kier alpha value is -0.870. The van der Waals surface area contributed by atoms with E-state index in [0.29, 0.717) is 12.0 Å². The van der Waals surface area contributed by atoms with Crippen LogP contribution in [-0.4, -0.2) is 33.8 Å². The second-order valence-corrected chi connectivity index (χ2v) is 6.01. The van der Waals surface area contributed by atoms with E-state index >= 15 is 0 Å². The number of nitrogens with two attached hydrogens (primary N) is 1. The van der Waals surface area contributed by atoms with E-state index < -0.39 is 0 Å². The van der Waals surface area contributed by atoms with Crippen LogP contribution in [0.5, 0.6) is 0 Å². The Kier molecular flexibility index (Phi) is 5.61. The van der Waals surface area contributed by atoms with Crippen molar-refractivity contribution in [1.82, 2.24) is 14.7 Å². The molecular weight excluding hydrogens is 248 g/mol. The Bertz CT molecular complexity index is 413. The van der Waals surface area contributed by atoms with Crippen LogP contribution in [0.25, 0.3) is 0 Å². The average Bonchev–Trinajstić information content (AvgIpc) is 2.85. The van der Waals surface area contributed by atoms with Crippen LogP contribution in [0, 0.1) is 5.92 Å². The highest BCUT2D eigenvalue weighted by Crippen LogP contribution is 2.28. The molecule has 1 aromatic rings. The minimum absolute atomic E-state index is 0.652. The number of rotatable bonds is 6. The van der Waals surface area contributed by atoms with Gasteiger partial charge in [-0.05, 0) is 44.3 Å². The predicted octanol–water partition coefficient (Wildman–Crippen LogP) is 2.32. The van der Waals surface area contributed by atoms with E-state index in [0.717, 1.165) is 26.1 Å². The van der Waals surface area contributed by atoms with E-state index in [1.54, 1.807) is 0 Å². The molecule has 4 nitrogen and oxygen atoms in total. The summed E-state index contributed by atoms with van der Waals surface area (Å²) in [5.41, 5.74) is 8.51. The summed E-state index contributed by atoms with van der Waals surface area (Å²) in [5, 5.41) is 4.57. The molecule has 0 amide bonds. The second kappa shape index (κ2) is 7.23. The molecule has 2 atom stereocenters. The minimum Gasteiger partial charge on any atom is -0.330 e. The standard InChI is InChI=1S/C16H30N4/c1-4-14-10-15(19(3)18-14)12-20(5-2)16-9-7-6-8-13(16)11-17/h10,13,16H,4-9,11-12,17H2,1-3H3. The van der Waals surface area contributed by atoms with Crippen LogP contribution < -0.4 is 5.73 Å². The quantitative estimate of drug-likeness (QED) is 0.868. The Labute approximate surface area is 123 Å². The van der Waals surface area contributed by atoms with Crippen molar-refractivity contribution < 1.29 is 0 Å². The Morgan fingerprint density at radius 2 is 2.10 bits per heavy atom. The number of aromatic nitrogens is 2. The highest BCUT2D eigenvalue weighted by Gasteiger charge is 2.28. The van der Waals surface area contributed by atoms with E-state index in [4.69, 9.17) is 5.73 Å². The van der Waals surface area contributed by atoms with Gasteiger partial charge in [-0.2, -0.15) is 5.10 Å². The largest absolute Gasteiger partial charge is 0.330 e. The molecule has 0 aromatic carbocycles. The molecule has 0 aliphatic heterocycles. The van der Waals surface area contributed by atoms with Gasteiger partial charge in [0.15, 0.2) is 0 Å². The van der Waals surface area contributed by atoms with Crippen molar-refractivity contribution in [3.05, 3.63) is 17.5 Å². The Morgan fingerprint density at radius 3 is 2.70 bits per heavy atom. The number of hydrogen-bond donors (Lipinski definition) is 1. The van der Waals surface area contributed by atoms with Crippen LogP contribution in [0.4, 0.5) is 0 Å². The molecule has 2 rings (SSSR count). The van der Waals surface area contributed by atoms with E-state index in [-0.39, 0.29) is 0 Å². The zero-order valence-corrected chi connectivity index (χ0v) is 13.3. The van der Waals surface area contributed by atoms with Crippen molar-refractivity contribution in [2.45, 2.75) is 58.5 Å². The van der Waals surface area contributed by atoms with Crippen LogP contribution in [0.2, 0.25) is 0 Å². The van der Waals surface area contributed by atoms with Gasteiger partial charge in [-0.3, -0.25) is 9.58 Å². The lowest BCUT2D eigenvalue weighted by Crippen LogP contribution is -2.44. The summed E-state index contributed by atoms with van der Waals surface area (Å²) in [7, 11) is 2.06. The molecule has 1 saturated carbocycles. The average molecular weight is 278 g/mol. The first kappa shape index (κ1) is 15.5. The van der Waals surface area contributed by atoms with Gasteiger partial charge in [-0.25, -0.2) is 0 Å². The first-order valence-corrected chi connectivity index (χ1v) is 8.15. The van der Waals surface area contributed by atoms with Crippen LogP contribution in [0.3, 0.4) is 0 Å². The Balaban J connectivity index is 2.08. The molecule has 114 valence electrons. The van der Waals surface area contributed by atoms with Gasteiger partial charge in [0.25, 0.3) is 0 Å². The summed E-state index contributed by atoms with van der Waals surface area (Å²) in [5.74, 6) is 0.669. The molecule has 0 saturated heterocycles. The van der Waals surface area contributed by atoms with Gasteiger partial charge in [0, 0.05) is 19.6 Å². The minimum atomic E-state index is 0.652. The third-order valence-corrected chi connectivity index (χ3v) is 4.80. The fraction of sp³-hybridized carbons (Fsp3) is 0.812. The lowest BCUT2D eigenvalue weighted by Gasteiger charge is -2.39. The smallest absolute Gasteiger partial charge is 0.0625 e. The maximum Gasteiger partial charge on any atom is 0.0625 e. The van der Waals surface area contributed by atoms with Crippen LogP contribution in [0.1, 0.15) is 50.9 Å². The maximum absolute atomic E-state index is 5.99. The summed E-state index contributed by atoms with van der Waals surface area (Å²) in [6, 6.07) is 2.90. The van der Waals surface area contributed by atoms with Gasteiger partial charge in [0.1, 0.15) is 0 Å². The van der Waals surface area contributed by atoms with Gasteiger partial charge in [0.05, 0.1) is 11.4 Å². The molecule has 1 aliphatic carbocycles. The fourth-order valence-corrected chi connectivity index (χ4v) is 3.51. The second-order valence-electron chi connectivity index (χ2n) is 6.01. The SMILES string of the molecule is CCc1cc(CN(CC)C2CCCCC2CN)n(C)n1. The summed E-state index contributed by atoms with van der Waals surface area (Å²) >= 11 is 0. The highest BCUT2D eigenvalue weighted by molar-refractivity contribution is 5.10. The third kappa shape index (κ3) is 3.41. The summed E-state index contributed by atoms with van der Waals surface area (Å²) < 4.78 is 2.04. The van der Waals surface area contributed by atoms with Crippen molar-refractivity contribution >= 4 is 0 Å². The molecule has 0 radical (unpaired) electrons. The molecule has 1 fully saturated rings. The monoisotopic (exact) mass is 278 g/mol. The van der Waals surface area contributed by atoms with E-state index in [1.807, 2.05) is 4.68 Å². The van der Waals surface area contributed by atoms with Gasteiger partial charge in [0.2, 0.25) is 0 Å². The number of aryl methyl sites for hydroxylation is 2. The molecule has 1 heterocycles. The summed E-state index contributed by atoms with van der Waals surface area (Å²) in [4.78, 5) is 2.60. The Morgan fingerprint density at radius 1 is 1.35 bits per heavy atom. The van der Waals surface area contributed by atoms with Gasteiger partial charge in [-0.15, -0.1) is 0 Å². The van der Waals surface area contributed by atoms with Crippen molar-refractivity contribution in [3.8, 4) is 0 Å². The molecule has 0 bridgehead atoms. The molecular formula is C16H30N4. The molecule has 2 unspecified atom stereocenters. The molecule has 2 N–H and O–H groups in total. The van der Waals surface area contributed by atoms with Crippen molar-refractivity contribution in [3.63, 3.8) is 0 Å². The molecule has 4 heteroatoms. The topological polar surface area (TPSA) is 47.1 Å². The first-order valence-electron chi connectivity index (χ1n) is 8.15. The number of nitrogens with zero attached hydrogens (tertiary/aromatic N) is 3. The van der Waals surface area contributed by atoms with E-state index in [9.17, 15) is 0 Å². The normalized spacial score (nSPS) is 23.4. The lowest BCUT2D eigenvalue weighted by molar-refractivity contribution is 0.103. The van der Waals surface area contributed by atoms with Crippen molar-refractivity contribution in [2.24, 2.45) is 18.7 Å². The van der Waals surface area contributed by atoms with Gasteiger partial charge >= 0.3 is 0 Å². The van der Waals surface area contributed by atoms with Gasteiger partial charge < -0.3 is 5.73 Å². The van der Waals surface area contributed by atoms with E-state index in [1.165, 1.54) is 37.1 Å². The zero-order valence-electron chi connectivity index (χ0n) is 13.3. The zero-order chi connectivity index (χ0) is 14.5. The third-order valence-electron chi connectivity index (χ3n) is 4.80. The lowest BCUT2D eigenvalue weighted by atomic mass is 9.83. The van der Waals surface area contributed by atoms with Crippen LogP contribution in [0.15, 0.2) is 6.07 Å². The molecule has 1 aromatic heterocycles. The first-order chi connectivity index (χ1) is 9.69. The van der Waals surface area contributed by atoms with Crippen molar-refractivity contribution in [2.75, 3.05) is 13.1 Å².